The molecular formula is C8H11N3O. The highest BCUT2D eigenvalue weighted by molar-refractivity contribution is 5.73. The van der Waals surface area contributed by atoms with Crippen LogP contribution in [-0.2, 0) is 24.9 Å². The number of hydrogen-bond donors (Lipinski definition) is 0. The van der Waals surface area contributed by atoms with Gasteiger partial charge in [0.1, 0.15) is 0 Å². The van der Waals surface area contributed by atoms with E-state index in [0.717, 1.165) is 12.2 Å². The second-order valence-corrected chi connectivity index (χ2v) is 3.12. The van der Waals surface area contributed by atoms with Gasteiger partial charge in [-0.15, -0.1) is 0 Å². The van der Waals surface area contributed by atoms with Crippen LogP contribution in [0.4, 0.5) is 0 Å². The lowest BCUT2D eigenvalue weighted by atomic mass is 10.3. The quantitative estimate of drug-likeness (QED) is 0.554. The van der Waals surface area contributed by atoms with Gasteiger partial charge in [0.05, 0.1) is 18.4 Å². The minimum Gasteiger partial charge on any atom is -0.333 e. The average molecular weight is 165 g/mol. The molecule has 2 rings (SSSR count). The molecule has 0 unspecified atom stereocenters. The highest BCUT2D eigenvalue weighted by atomic mass is 16.2. The molecule has 0 aliphatic carbocycles. The summed E-state index contributed by atoms with van der Waals surface area (Å²) in [5.74, 6) is 0.131. The molecule has 0 radical (unpaired) electrons. The number of carbonyl (C=O) groups is 1. The van der Waals surface area contributed by atoms with Gasteiger partial charge in [0.2, 0.25) is 5.91 Å². The molecule has 0 saturated carbocycles. The second-order valence-electron chi connectivity index (χ2n) is 3.12. The summed E-state index contributed by atoms with van der Waals surface area (Å²) in [4.78, 5) is 12.8. The number of rotatable bonds is 0. The van der Waals surface area contributed by atoms with Gasteiger partial charge >= 0.3 is 0 Å². The molecule has 0 aromatic carbocycles. The molecule has 1 amide bonds. The first kappa shape index (κ1) is 7.34. The Morgan fingerprint density at radius 3 is 2.92 bits per heavy atom. The predicted octanol–water partition coefficient (Wildman–Crippen LogP) is 0.282. The van der Waals surface area contributed by atoms with E-state index in [4.69, 9.17) is 0 Å². The molecule has 0 fully saturated rings. The zero-order valence-corrected chi connectivity index (χ0v) is 7.24. The molecule has 1 aliphatic rings. The van der Waals surface area contributed by atoms with E-state index >= 15 is 0 Å². The lowest BCUT2D eigenvalue weighted by Gasteiger charge is -2.11. The molecule has 0 atom stereocenters. The normalized spacial score (nSPS) is 15.0. The summed E-state index contributed by atoms with van der Waals surface area (Å²) in [5, 5.41) is 4.11. The zero-order valence-electron chi connectivity index (χ0n) is 7.24. The first-order chi connectivity index (χ1) is 5.68. The largest absolute Gasteiger partial charge is 0.333 e. The molecule has 4 nitrogen and oxygen atoms in total. The molecule has 0 bridgehead atoms. The minimum atomic E-state index is 0.131. The molecule has 12 heavy (non-hydrogen) atoms. The molecule has 64 valence electrons. The first-order valence-corrected chi connectivity index (χ1v) is 3.93. The van der Waals surface area contributed by atoms with E-state index in [1.54, 1.807) is 6.92 Å². The van der Waals surface area contributed by atoms with E-state index in [-0.39, 0.29) is 5.91 Å². The van der Waals surface area contributed by atoms with Gasteiger partial charge in [0, 0.05) is 26.1 Å². The molecule has 0 N–H and O–H groups in total. The van der Waals surface area contributed by atoms with Gasteiger partial charge in [0.15, 0.2) is 0 Å². The maximum atomic E-state index is 11.0. The van der Waals surface area contributed by atoms with Crippen molar-refractivity contribution < 1.29 is 4.79 Å². The standard InChI is InChI=1S/C8H11N3O/c1-6(12)11-4-7-3-9-10(2)8(7)5-11/h3H,4-5H2,1-2H3. The number of nitrogens with zero attached hydrogens (tertiary/aromatic N) is 3. The summed E-state index contributed by atoms with van der Waals surface area (Å²) in [6, 6.07) is 0. The van der Waals surface area contributed by atoms with Crippen LogP contribution in [0.2, 0.25) is 0 Å². The van der Waals surface area contributed by atoms with Crippen molar-refractivity contribution in [3.63, 3.8) is 0 Å². The van der Waals surface area contributed by atoms with Crippen LogP contribution in [0.15, 0.2) is 6.20 Å². The fourth-order valence-corrected chi connectivity index (χ4v) is 1.51. The Labute approximate surface area is 70.8 Å². The Morgan fingerprint density at radius 2 is 2.33 bits per heavy atom. The maximum Gasteiger partial charge on any atom is 0.220 e. The topological polar surface area (TPSA) is 38.1 Å². The van der Waals surface area contributed by atoms with Crippen molar-refractivity contribution in [3.05, 3.63) is 17.5 Å². The van der Waals surface area contributed by atoms with E-state index in [2.05, 4.69) is 5.10 Å². The van der Waals surface area contributed by atoms with Crippen molar-refractivity contribution in [1.29, 1.82) is 0 Å². The number of hydrogen-bond acceptors (Lipinski definition) is 2. The van der Waals surface area contributed by atoms with Crippen LogP contribution in [0, 0.1) is 0 Å². The monoisotopic (exact) mass is 165 g/mol. The molecule has 2 heterocycles. The number of fused-ring (bicyclic) bond motifs is 1. The third-order valence-electron chi connectivity index (χ3n) is 2.30. The molecule has 1 aliphatic heterocycles. The van der Waals surface area contributed by atoms with Crippen molar-refractivity contribution in [2.75, 3.05) is 0 Å². The van der Waals surface area contributed by atoms with Crippen LogP contribution in [0.5, 0.6) is 0 Å². The lowest BCUT2D eigenvalue weighted by Crippen LogP contribution is -2.22. The Kier molecular flexibility index (Phi) is 1.43. The van der Waals surface area contributed by atoms with Crippen LogP contribution >= 0.6 is 0 Å². The van der Waals surface area contributed by atoms with Crippen molar-refractivity contribution in [2.45, 2.75) is 20.0 Å². The summed E-state index contributed by atoms with van der Waals surface area (Å²) in [6.07, 6.45) is 1.83. The molecule has 0 spiro atoms. The number of amides is 1. The zero-order chi connectivity index (χ0) is 8.72. The number of aryl methyl sites for hydroxylation is 1. The summed E-state index contributed by atoms with van der Waals surface area (Å²) >= 11 is 0. The molecule has 4 heteroatoms. The van der Waals surface area contributed by atoms with Crippen molar-refractivity contribution in [2.24, 2.45) is 7.05 Å². The van der Waals surface area contributed by atoms with E-state index in [9.17, 15) is 4.79 Å². The van der Waals surface area contributed by atoms with Crippen LogP contribution in [-0.4, -0.2) is 20.6 Å². The SMILES string of the molecule is CC(=O)N1Cc2cnn(C)c2C1. The van der Waals surface area contributed by atoms with E-state index < -0.39 is 0 Å². The third kappa shape index (κ3) is 0.913. The van der Waals surface area contributed by atoms with Crippen molar-refractivity contribution in [3.8, 4) is 0 Å². The summed E-state index contributed by atoms with van der Waals surface area (Å²) in [5.41, 5.74) is 2.33. The van der Waals surface area contributed by atoms with Crippen molar-refractivity contribution in [1.82, 2.24) is 14.7 Å². The second kappa shape index (κ2) is 2.33. The highest BCUT2D eigenvalue weighted by Gasteiger charge is 2.23. The fraction of sp³-hybridized carbons (Fsp3) is 0.500. The van der Waals surface area contributed by atoms with Gasteiger partial charge in [-0.25, -0.2) is 0 Å². The number of carbonyl (C=O) groups excluding carboxylic acids is 1. The van der Waals surface area contributed by atoms with Gasteiger partial charge in [-0.2, -0.15) is 5.10 Å². The Balaban J connectivity index is 2.28. The van der Waals surface area contributed by atoms with Gasteiger partial charge in [0.25, 0.3) is 0 Å². The Bertz CT molecular complexity index is 329. The van der Waals surface area contributed by atoms with E-state index in [1.807, 2.05) is 22.8 Å². The van der Waals surface area contributed by atoms with Crippen LogP contribution < -0.4 is 0 Å². The van der Waals surface area contributed by atoms with E-state index in [1.165, 1.54) is 5.56 Å². The van der Waals surface area contributed by atoms with Gasteiger partial charge in [-0.3, -0.25) is 9.48 Å². The van der Waals surface area contributed by atoms with Gasteiger partial charge < -0.3 is 4.90 Å². The molecule has 1 aromatic heterocycles. The summed E-state index contributed by atoms with van der Waals surface area (Å²) < 4.78 is 1.83. The molecule has 1 aromatic rings. The summed E-state index contributed by atoms with van der Waals surface area (Å²) in [6.45, 7) is 3.03. The molecular weight excluding hydrogens is 154 g/mol. The van der Waals surface area contributed by atoms with Crippen molar-refractivity contribution >= 4 is 5.91 Å². The lowest BCUT2D eigenvalue weighted by molar-refractivity contribution is -0.129. The summed E-state index contributed by atoms with van der Waals surface area (Å²) in [7, 11) is 1.91. The van der Waals surface area contributed by atoms with Gasteiger partial charge in [-0.05, 0) is 0 Å². The molecule has 0 saturated heterocycles. The minimum absolute atomic E-state index is 0.131. The highest BCUT2D eigenvalue weighted by Crippen LogP contribution is 2.21. The smallest absolute Gasteiger partial charge is 0.220 e. The van der Waals surface area contributed by atoms with Crippen LogP contribution in [0.25, 0.3) is 0 Å². The first-order valence-electron chi connectivity index (χ1n) is 3.93. The number of aromatic nitrogens is 2. The predicted molar refractivity (Wildman–Crippen MR) is 43.1 cm³/mol. The van der Waals surface area contributed by atoms with E-state index in [0.29, 0.717) is 6.54 Å². The fourth-order valence-electron chi connectivity index (χ4n) is 1.51. The maximum absolute atomic E-state index is 11.0. The third-order valence-corrected chi connectivity index (χ3v) is 2.30. The Hall–Kier alpha value is -1.32. The van der Waals surface area contributed by atoms with Gasteiger partial charge in [-0.1, -0.05) is 0 Å². The Morgan fingerprint density at radius 1 is 1.58 bits per heavy atom. The average Bonchev–Trinajstić information content (AvgIpc) is 2.53. The van der Waals surface area contributed by atoms with Crippen LogP contribution in [0.1, 0.15) is 18.2 Å². The van der Waals surface area contributed by atoms with Crippen LogP contribution in [0.3, 0.4) is 0 Å².